The molecular weight excluding hydrogens is 212 g/mol. The second kappa shape index (κ2) is 5.01. The van der Waals surface area contributed by atoms with E-state index in [1.54, 1.807) is 4.90 Å². The summed E-state index contributed by atoms with van der Waals surface area (Å²) in [5.74, 6) is -0.0376. The fourth-order valence-electron chi connectivity index (χ4n) is 2.22. The van der Waals surface area contributed by atoms with Gasteiger partial charge in [0.2, 0.25) is 0 Å². The molecule has 1 aliphatic rings. The van der Waals surface area contributed by atoms with Crippen LogP contribution in [0.1, 0.15) is 29.3 Å². The van der Waals surface area contributed by atoms with Crippen LogP contribution in [0, 0.1) is 17.2 Å². The van der Waals surface area contributed by atoms with E-state index < -0.39 is 0 Å². The Labute approximate surface area is 102 Å². The molecule has 0 N–H and O–H groups in total. The van der Waals surface area contributed by atoms with E-state index in [0.717, 1.165) is 30.5 Å². The van der Waals surface area contributed by atoms with Crippen LogP contribution in [-0.4, -0.2) is 23.9 Å². The Bertz CT molecular complexity index is 462. The topological polar surface area (TPSA) is 44.1 Å². The first-order valence-electron chi connectivity index (χ1n) is 5.99. The van der Waals surface area contributed by atoms with E-state index in [1.165, 1.54) is 0 Å². The van der Waals surface area contributed by atoms with Gasteiger partial charge in [0.05, 0.1) is 12.0 Å². The number of benzene rings is 1. The normalized spacial score (nSPS) is 16.9. The minimum atomic E-state index is -0.107. The molecule has 1 heterocycles. The van der Waals surface area contributed by atoms with Crippen LogP contribution in [0.25, 0.3) is 0 Å². The zero-order valence-corrected chi connectivity index (χ0v) is 10.0. The molecule has 0 fully saturated rings. The number of nitriles is 1. The van der Waals surface area contributed by atoms with Crippen molar-refractivity contribution in [3.05, 3.63) is 35.4 Å². The molecule has 1 unspecified atom stereocenters. The smallest absolute Gasteiger partial charge is 0.254 e. The first-order valence-corrected chi connectivity index (χ1v) is 5.99. The summed E-state index contributed by atoms with van der Waals surface area (Å²) in [6.07, 6.45) is 1.92. The largest absolute Gasteiger partial charge is 0.337 e. The van der Waals surface area contributed by atoms with Crippen LogP contribution in [-0.2, 0) is 6.42 Å². The number of rotatable bonds is 2. The molecule has 0 radical (unpaired) electrons. The van der Waals surface area contributed by atoms with Crippen LogP contribution in [0.4, 0.5) is 0 Å². The van der Waals surface area contributed by atoms with Gasteiger partial charge in [-0.25, -0.2) is 0 Å². The van der Waals surface area contributed by atoms with Crippen molar-refractivity contribution in [3.63, 3.8) is 0 Å². The van der Waals surface area contributed by atoms with Gasteiger partial charge >= 0.3 is 0 Å². The summed E-state index contributed by atoms with van der Waals surface area (Å²) in [5.41, 5.74) is 1.93. The molecular formula is C14H16N2O. The molecule has 3 heteroatoms. The summed E-state index contributed by atoms with van der Waals surface area (Å²) in [6, 6.07) is 9.95. The van der Waals surface area contributed by atoms with Crippen molar-refractivity contribution in [1.82, 2.24) is 4.90 Å². The number of fused-ring (bicyclic) bond motifs is 1. The van der Waals surface area contributed by atoms with Gasteiger partial charge in [-0.3, -0.25) is 4.79 Å². The maximum Gasteiger partial charge on any atom is 0.254 e. The Kier molecular flexibility index (Phi) is 3.43. The maximum atomic E-state index is 12.3. The fourth-order valence-corrected chi connectivity index (χ4v) is 2.22. The third-order valence-corrected chi connectivity index (χ3v) is 3.12. The number of hydrogen-bond donors (Lipinski definition) is 0. The van der Waals surface area contributed by atoms with Gasteiger partial charge < -0.3 is 4.90 Å². The summed E-state index contributed by atoms with van der Waals surface area (Å²) >= 11 is 0. The summed E-state index contributed by atoms with van der Waals surface area (Å²) in [6.45, 7) is 3.13. The number of carbonyl (C=O) groups excluding carboxylic acids is 1. The molecule has 0 saturated carbocycles. The molecule has 1 aromatic rings. The molecule has 88 valence electrons. The van der Waals surface area contributed by atoms with Crippen molar-refractivity contribution in [2.24, 2.45) is 5.92 Å². The molecule has 1 amide bonds. The highest BCUT2D eigenvalue weighted by molar-refractivity contribution is 5.96. The molecule has 0 bridgehead atoms. The second-order valence-corrected chi connectivity index (χ2v) is 4.54. The van der Waals surface area contributed by atoms with E-state index in [0.29, 0.717) is 6.54 Å². The Morgan fingerprint density at radius 2 is 2.24 bits per heavy atom. The number of carbonyl (C=O) groups is 1. The van der Waals surface area contributed by atoms with Gasteiger partial charge in [0.15, 0.2) is 0 Å². The lowest BCUT2D eigenvalue weighted by atomic mass is 10.0. The van der Waals surface area contributed by atoms with Crippen LogP contribution >= 0.6 is 0 Å². The van der Waals surface area contributed by atoms with E-state index in [2.05, 4.69) is 6.07 Å². The van der Waals surface area contributed by atoms with Crippen molar-refractivity contribution < 1.29 is 4.79 Å². The van der Waals surface area contributed by atoms with E-state index in [-0.39, 0.29) is 11.8 Å². The fraction of sp³-hybridized carbons (Fsp3) is 0.429. The van der Waals surface area contributed by atoms with Crippen molar-refractivity contribution in [2.75, 3.05) is 13.1 Å². The van der Waals surface area contributed by atoms with Crippen molar-refractivity contribution in [2.45, 2.75) is 19.8 Å². The van der Waals surface area contributed by atoms with E-state index in [9.17, 15) is 4.79 Å². The summed E-state index contributed by atoms with van der Waals surface area (Å²) in [7, 11) is 0. The Hall–Kier alpha value is -1.82. The molecule has 3 nitrogen and oxygen atoms in total. The van der Waals surface area contributed by atoms with Crippen LogP contribution < -0.4 is 0 Å². The number of aryl methyl sites for hydroxylation is 1. The van der Waals surface area contributed by atoms with Gasteiger partial charge in [0, 0.05) is 18.7 Å². The van der Waals surface area contributed by atoms with E-state index in [4.69, 9.17) is 5.26 Å². The average molecular weight is 228 g/mol. The number of amides is 1. The zero-order valence-electron chi connectivity index (χ0n) is 10.0. The van der Waals surface area contributed by atoms with Gasteiger partial charge in [0.25, 0.3) is 5.91 Å². The van der Waals surface area contributed by atoms with Crippen LogP contribution in [0.2, 0.25) is 0 Å². The predicted octanol–water partition coefficient (Wildman–Crippen LogP) is 2.23. The quantitative estimate of drug-likeness (QED) is 0.779. The first kappa shape index (κ1) is 11.7. The molecule has 0 saturated heterocycles. The third kappa shape index (κ3) is 2.47. The number of hydrogen-bond acceptors (Lipinski definition) is 2. The Morgan fingerprint density at radius 1 is 1.47 bits per heavy atom. The molecule has 0 aromatic heterocycles. The minimum Gasteiger partial charge on any atom is -0.337 e. The van der Waals surface area contributed by atoms with E-state index >= 15 is 0 Å². The van der Waals surface area contributed by atoms with E-state index in [1.807, 2.05) is 31.2 Å². The lowest BCUT2D eigenvalue weighted by Crippen LogP contribution is -2.34. The molecule has 1 aliphatic heterocycles. The Balaban J connectivity index is 2.24. The van der Waals surface area contributed by atoms with Crippen LogP contribution in [0.5, 0.6) is 0 Å². The highest BCUT2D eigenvalue weighted by Gasteiger charge is 2.22. The van der Waals surface area contributed by atoms with Gasteiger partial charge in [-0.2, -0.15) is 5.26 Å². The van der Waals surface area contributed by atoms with Gasteiger partial charge in [-0.15, -0.1) is 0 Å². The first-order chi connectivity index (χ1) is 8.22. The van der Waals surface area contributed by atoms with Gasteiger partial charge in [-0.1, -0.05) is 18.2 Å². The molecule has 0 spiro atoms. The summed E-state index contributed by atoms with van der Waals surface area (Å²) < 4.78 is 0. The predicted molar refractivity (Wildman–Crippen MR) is 65.4 cm³/mol. The van der Waals surface area contributed by atoms with Crippen LogP contribution in [0.3, 0.4) is 0 Å². The molecule has 17 heavy (non-hydrogen) atoms. The van der Waals surface area contributed by atoms with Crippen molar-refractivity contribution in [3.8, 4) is 6.07 Å². The van der Waals surface area contributed by atoms with Gasteiger partial charge in [0.1, 0.15) is 0 Å². The third-order valence-electron chi connectivity index (χ3n) is 3.12. The summed E-state index contributed by atoms with van der Waals surface area (Å²) in [4.78, 5) is 14.1. The molecule has 0 aliphatic carbocycles. The summed E-state index contributed by atoms with van der Waals surface area (Å²) in [5, 5.41) is 8.83. The highest BCUT2D eigenvalue weighted by atomic mass is 16.2. The molecule has 2 rings (SSSR count). The second-order valence-electron chi connectivity index (χ2n) is 4.54. The minimum absolute atomic E-state index is 0.0696. The monoisotopic (exact) mass is 228 g/mol. The maximum absolute atomic E-state index is 12.3. The van der Waals surface area contributed by atoms with Gasteiger partial charge in [-0.05, 0) is 31.4 Å². The SMILES string of the molecule is CC(C#N)CN1CCCc2ccccc2C1=O. The molecule has 1 atom stereocenters. The molecule has 1 aromatic carbocycles. The zero-order chi connectivity index (χ0) is 12.3. The lowest BCUT2D eigenvalue weighted by molar-refractivity contribution is 0.0749. The average Bonchev–Trinajstić information content (AvgIpc) is 2.51. The van der Waals surface area contributed by atoms with Crippen molar-refractivity contribution in [1.29, 1.82) is 5.26 Å². The van der Waals surface area contributed by atoms with Crippen LogP contribution in [0.15, 0.2) is 24.3 Å². The highest BCUT2D eigenvalue weighted by Crippen LogP contribution is 2.19. The Morgan fingerprint density at radius 3 is 3.00 bits per heavy atom. The standard InChI is InChI=1S/C14H16N2O/c1-11(9-15)10-16-8-4-6-12-5-2-3-7-13(12)14(16)17/h2-3,5,7,11H,4,6,8,10H2,1H3. The van der Waals surface area contributed by atoms with Crippen molar-refractivity contribution >= 4 is 5.91 Å². The number of nitrogens with zero attached hydrogens (tertiary/aromatic N) is 2. The lowest BCUT2D eigenvalue weighted by Gasteiger charge is -2.21.